The summed E-state index contributed by atoms with van der Waals surface area (Å²) in [5.41, 5.74) is 2.75. The van der Waals surface area contributed by atoms with Crippen LogP contribution in [0.15, 0.2) is 127 Å². The normalized spacial score (nSPS) is 11.7. The smallest absolute Gasteiger partial charge is 0.319 e. The number of rotatable bonds is 11. The van der Waals surface area contributed by atoms with E-state index in [1.54, 1.807) is 24.3 Å². The Morgan fingerprint density at radius 1 is 0.667 bits per heavy atom. The van der Waals surface area contributed by atoms with Gasteiger partial charge in [-0.15, -0.1) is 0 Å². The predicted molar refractivity (Wildman–Crippen MR) is 171 cm³/mol. The molecular weight excluding hydrogens is 572 g/mol. The van der Waals surface area contributed by atoms with E-state index in [0.717, 1.165) is 22.8 Å². The molecule has 9 heteroatoms. The summed E-state index contributed by atoms with van der Waals surface area (Å²) in [6, 6.07) is 37.5. The predicted octanol–water partition coefficient (Wildman–Crippen LogP) is 8.20. The highest BCUT2D eigenvalue weighted by Crippen LogP contribution is 2.41. The molecule has 0 aromatic heterocycles. The number of ether oxygens (including phenoxy) is 2. The zero-order chi connectivity index (χ0) is 31.8. The van der Waals surface area contributed by atoms with Crippen LogP contribution in [-0.2, 0) is 4.79 Å². The summed E-state index contributed by atoms with van der Waals surface area (Å²) < 4.78 is 11.6. The molecule has 9 nitrogen and oxygen atoms in total. The molecule has 0 bridgehead atoms. The Balaban J connectivity index is 1.48. The zero-order valence-corrected chi connectivity index (χ0v) is 24.2. The van der Waals surface area contributed by atoms with Crippen LogP contribution in [0.1, 0.15) is 39.7 Å². The highest BCUT2D eigenvalue weighted by atomic mass is 16.6. The van der Waals surface area contributed by atoms with Crippen molar-refractivity contribution in [2.45, 2.75) is 11.8 Å². The topological polar surface area (TPSA) is 122 Å². The summed E-state index contributed by atoms with van der Waals surface area (Å²) in [6.45, 7) is 0. The highest BCUT2D eigenvalue weighted by Gasteiger charge is 2.34. The Morgan fingerprint density at radius 2 is 1.24 bits per heavy atom. The van der Waals surface area contributed by atoms with E-state index in [0.29, 0.717) is 5.56 Å². The second-order valence-electron chi connectivity index (χ2n) is 10.1. The number of carbonyl (C=O) groups is 1. The van der Waals surface area contributed by atoms with E-state index >= 15 is 0 Å². The summed E-state index contributed by atoms with van der Waals surface area (Å²) >= 11 is 0. The number of esters is 1. The lowest BCUT2D eigenvalue weighted by molar-refractivity contribution is -0.394. The first-order valence-corrected chi connectivity index (χ1v) is 14.0. The summed E-state index contributed by atoms with van der Waals surface area (Å²) in [6.07, 6.45) is 3.09. The molecule has 0 amide bonds. The Labute approximate surface area is 259 Å². The Kier molecular flexibility index (Phi) is 9.40. The fourth-order valence-electron chi connectivity index (χ4n) is 5.20. The third kappa shape index (κ3) is 7.11. The van der Waals surface area contributed by atoms with Crippen molar-refractivity contribution in [3.8, 4) is 11.5 Å². The molecule has 5 aromatic carbocycles. The van der Waals surface area contributed by atoms with E-state index < -0.39 is 27.4 Å². The van der Waals surface area contributed by atoms with Gasteiger partial charge in [0.25, 0.3) is 11.4 Å². The molecule has 1 atom stereocenters. The molecule has 0 radical (unpaired) electrons. The number of nitrogens with zero attached hydrogens (tertiary/aromatic N) is 2. The molecule has 0 aliphatic heterocycles. The first-order valence-electron chi connectivity index (χ1n) is 14.0. The van der Waals surface area contributed by atoms with Gasteiger partial charge in [0.1, 0.15) is 0 Å². The lowest BCUT2D eigenvalue weighted by Crippen LogP contribution is -2.26. The van der Waals surface area contributed by atoms with Gasteiger partial charge in [0.15, 0.2) is 11.5 Å². The van der Waals surface area contributed by atoms with Crippen molar-refractivity contribution in [1.29, 1.82) is 0 Å². The fourth-order valence-corrected chi connectivity index (χ4v) is 5.20. The largest absolute Gasteiger partial charge is 0.493 e. The van der Waals surface area contributed by atoms with Gasteiger partial charge < -0.3 is 9.47 Å². The number of hydrogen-bond donors (Lipinski definition) is 0. The molecule has 0 N–H and O–H groups in total. The van der Waals surface area contributed by atoms with Crippen LogP contribution in [0, 0.1) is 20.2 Å². The third-order valence-corrected chi connectivity index (χ3v) is 7.34. The standard InChI is InChI=1S/C36H28N2O7/c1-44-33-23-25(17-19-26-20-21-30(37(40)41)24-31(26)38(42)43)18-22-32(33)45-36(39)35(29-15-9-4-10-16-29)34(27-11-5-2-6-12-27)28-13-7-3-8-14-28/h2-24,34-35H,1H3/b19-17+. The summed E-state index contributed by atoms with van der Waals surface area (Å²) in [5.74, 6) is -1.01. The van der Waals surface area contributed by atoms with E-state index in [2.05, 4.69) is 0 Å². The van der Waals surface area contributed by atoms with Crippen molar-refractivity contribution < 1.29 is 24.1 Å². The molecule has 0 heterocycles. The minimum atomic E-state index is -0.692. The van der Waals surface area contributed by atoms with Crippen molar-refractivity contribution in [1.82, 2.24) is 0 Å². The number of nitro groups is 2. The second-order valence-corrected chi connectivity index (χ2v) is 10.1. The minimum absolute atomic E-state index is 0.193. The van der Waals surface area contributed by atoms with Crippen molar-refractivity contribution >= 4 is 29.5 Å². The third-order valence-electron chi connectivity index (χ3n) is 7.34. The molecule has 0 aliphatic rings. The summed E-state index contributed by atoms with van der Waals surface area (Å²) in [5, 5.41) is 22.6. The second kappa shape index (κ2) is 13.9. The maximum atomic E-state index is 14.1. The van der Waals surface area contributed by atoms with Gasteiger partial charge in [0.05, 0.1) is 34.5 Å². The molecule has 45 heavy (non-hydrogen) atoms. The van der Waals surface area contributed by atoms with Gasteiger partial charge in [-0.2, -0.15) is 0 Å². The molecule has 0 aliphatic carbocycles. The molecule has 1 unspecified atom stereocenters. The first-order chi connectivity index (χ1) is 21.9. The van der Waals surface area contributed by atoms with E-state index in [1.165, 1.54) is 25.3 Å². The van der Waals surface area contributed by atoms with E-state index in [-0.39, 0.29) is 28.7 Å². The van der Waals surface area contributed by atoms with Gasteiger partial charge in [-0.3, -0.25) is 25.0 Å². The van der Waals surface area contributed by atoms with Gasteiger partial charge in [-0.25, -0.2) is 0 Å². The molecule has 5 rings (SSSR count). The maximum absolute atomic E-state index is 14.1. The molecule has 0 saturated carbocycles. The summed E-state index contributed by atoms with van der Waals surface area (Å²) in [7, 11) is 1.45. The average Bonchev–Trinajstić information content (AvgIpc) is 3.07. The van der Waals surface area contributed by atoms with Crippen LogP contribution < -0.4 is 9.47 Å². The molecule has 224 valence electrons. The van der Waals surface area contributed by atoms with Crippen LogP contribution >= 0.6 is 0 Å². The molecule has 0 fully saturated rings. The molecular formula is C36H28N2O7. The van der Waals surface area contributed by atoms with Crippen LogP contribution in [-0.4, -0.2) is 22.9 Å². The van der Waals surface area contributed by atoms with Crippen LogP contribution in [0.3, 0.4) is 0 Å². The number of benzene rings is 5. The summed E-state index contributed by atoms with van der Waals surface area (Å²) in [4.78, 5) is 35.4. The Bertz CT molecular complexity index is 1800. The Hall–Kier alpha value is -6.09. The monoisotopic (exact) mass is 600 g/mol. The molecule has 0 spiro atoms. The number of carbonyl (C=O) groups excluding carboxylic acids is 1. The van der Waals surface area contributed by atoms with Crippen molar-refractivity contribution in [2.24, 2.45) is 0 Å². The maximum Gasteiger partial charge on any atom is 0.319 e. The lowest BCUT2D eigenvalue weighted by atomic mass is 9.77. The lowest BCUT2D eigenvalue weighted by Gasteiger charge is -2.27. The van der Waals surface area contributed by atoms with Gasteiger partial charge in [0.2, 0.25) is 0 Å². The highest BCUT2D eigenvalue weighted by molar-refractivity contribution is 5.83. The first kappa shape index (κ1) is 30.4. The number of hydrogen-bond acceptors (Lipinski definition) is 7. The van der Waals surface area contributed by atoms with Crippen LogP contribution in [0.25, 0.3) is 12.2 Å². The van der Waals surface area contributed by atoms with E-state index in [1.807, 2.05) is 91.0 Å². The van der Waals surface area contributed by atoms with E-state index in [9.17, 15) is 25.0 Å². The van der Waals surface area contributed by atoms with Gasteiger partial charge >= 0.3 is 5.97 Å². The quantitative estimate of drug-likeness (QED) is 0.0492. The zero-order valence-electron chi connectivity index (χ0n) is 24.2. The number of nitro benzene ring substituents is 2. The van der Waals surface area contributed by atoms with Crippen LogP contribution in [0.4, 0.5) is 11.4 Å². The molecule has 0 saturated heterocycles. The van der Waals surface area contributed by atoms with Crippen LogP contribution in [0.2, 0.25) is 0 Å². The van der Waals surface area contributed by atoms with Crippen LogP contribution in [0.5, 0.6) is 11.5 Å². The van der Waals surface area contributed by atoms with E-state index in [4.69, 9.17) is 9.47 Å². The van der Waals surface area contributed by atoms with Crippen molar-refractivity contribution in [2.75, 3.05) is 7.11 Å². The van der Waals surface area contributed by atoms with Gasteiger partial charge in [0, 0.05) is 12.0 Å². The fraction of sp³-hybridized carbons (Fsp3) is 0.0833. The van der Waals surface area contributed by atoms with Gasteiger partial charge in [-0.05, 0) is 46.5 Å². The Morgan fingerprint density at radius 3 is 1.78 bits per heavy atom. The van der Waals surface area contributed by atoms with Crippen molar-refractivity contribution in [3.05, 3.63) is 175 Å². The number of non-ortho nitro benzene ring substituents is 1. The van der Waals surface area contributed by atoms with Gasteiger partial charge in [-0.1, -0.05) is 103 Å². The minimum Gasteiger partial charge on any atom is -0.493 e. The average molecular weight is 601 g/mol. The SMILES string of the molecule is COc1cc(/C=C/c2ccc([N+](=O)[O-])cc2[N+](=O)[O-])ccc1OC(=O)C(c1ccccc1)C(c1ccccc1)c1ccccc1. The molecule has 5 aromatic rings. The number of methoxy groups -OCH3 is 1. The van der Waals surface area contributed by atoms with Crippen molar-refractivity contribution in [3.63, 3.8) is 0 Å².